The lowest BCUT2D eigenvalue weighted by molar-refractivity contribution is -0.137. The molecule has 124 valence electrons. The third kappa shape index (κ3) is 4.03. The van der Waals surface area contributed by atoms with Gasteiger partial charge in [-0.05, 0) is 43.9 Å². The summed E-state index contributed by atoms with van der Waals surface area (Å²) in [7, 11) is 0. The average Bonchev–Trinajstić information content (AvgIpc) is 3.12. The number of hydrogen-bond acceptors (Lipinski definition) is 3. The summed E-state index contributed by atoms with van der Waals surface area (Å²) in [4.78, 5) is 15.3. The molecule has 0 spiro atoms. The Morgan fingerprint density at radius 3 is 3.04 bits per heavy atom. The van der Waals surface area contributed by atoms with Crippen molar-refractivity contribution < 1.29 is 14.6 Å². The van der Waals surface area contributed by atoms with Crippen LogP contribution in [0.3, 0.4) is 0 Å². The van der Waals surface area contributed by atoms with E-state index >= 15 is 0 Å². The molecular weight excluding hydrogens is 316 g/mol. The van der Waals surface area contributed by atoms with Crippen molar-refractivity contribution in [2.75, 3.05) is 6.61 Å². The predicted molar refractivity (Wildman–Crippen MR) is 88.9 cm³/mol. The Kier molecular flexibility index (Phi) is 5.18. The number of carbonyl (C=O) groups is 1. The first-order chi connectivity index (χ1) is 11.1. The quantitative estimate of drug-likeness (QED) is 0.783. The van der Waals surface area contributed by atoms with Gasteiger partial charge in [0.2, 0.25) is 0 Å². The molecule has 2 heterocycles. The highest BCUT2D eigenvalue weighted by atomic mass is 35.5. The number of aryl methyl sites for hydroxylation is 1. The van der Waals surface area contributed by atoms with Crippen LogP contribution in [0.25, 0.3) is 11.0 Å². The number of carboxylic acid groups (broad SMARTS) is 1. The van der Waals surface area contributed by atoms with Gasteiger partial charge in [0.25, 0.3) is 0 Å². The van der Waals surface area contributed by atoms with E-state index in [0.717, 1.165) is 55.7 Å². The zero-order valence-corrected chi connectivity index (χ0v) is 13.8. The Bertz CT molecular complexity index is 692. The number of rotatable bonds is 7. The van der Waals surface area contributed by atoms with Crippen LogP contribution in [0.2, 0.25) is 5.02 Å². The molecule has 3 rings (SSSR count). The summed E-state index contributed by atoms with van der Waals surface area (Å²) >= 11 is 6.07. The predicted octanol–water partition coefficient (Wildman–Crippen LogP) is 3.67. The lowest BCUT2D eigenvalue weighted by atomic mass is 10.2. The summed E-state index contributed by atoms with van der Waals surface area (Å²) in [6, 6.07) is 5.76. The van der Waals surface area contributed by atoms with Crippen LogP contribution in [-0.2, 0) is 22.5 Å². The topological polar surface area (TPSA) is 64.3 Å². The van der Waals surface area contributed by atoms with Crippen LogP contribution < -0.4 is 0 Å². The van der Waals surface area contributed by atoms with Gasteiger partial charge in [0.15, 0.2) is 0 Å². The second kappa shape index (κ2) is 7.32. The molecule has 0 saturated carbocycles. The number of carboxylic acids is 1. The molecule has 1 aromatic carbocycles. The lowest BCUT2D eigenvalue weighted by Crippen LogP contribution is -2.17. The van der Waals surface area contributed by atoms with Gasteiger partial charge < -0.3 is 14.4 Å². The number of imidazole rings is 1. The van der Waals surface area contributed by atoms with E-state index in [1.54, 1.807) is 0 Å². The van der Waals surface area contributed by atoms with E-state index in [0.29, 0.717) is 11.4 Å². The molecule has 1 atom stereocenters. The molecule has 6 heteroatoms. The van der Waals surface area contributed by atoms with Gasteiger partial charge in [0.05, 0.1) is 23.7 Å². The molecular formula is C17H21ClN2O3. The summed E-state index contributed by atoms with van der Waals surface area (Å²) in [5.74, 6) is 0.243. The van der Waals surface area contributed by atoms with Crippen LogP contribution >= 0.6 is 11.6 Å². The van der Waals surface area contributed by atoms with Gasteiger partial charge in [0.1, 0.15) is 5.82 Å². The van der Waals surface area contributed by atoms with E-state index in [1.807, 2.05) is 18.2 Å². The first-order valence-corrected chi connectivity index (χ1v) is 8.49. The first kappa shape index (κ1) is 16.3. The summed E-state index contributed by atoms with van der Waals surface area (Å²) in [5, 5.41) is 9.43. The van der Waals surface area contributed by atoms with Gasteiger partial charge in [-0.1, -0.05) is 11.6 Å². The highest BCUT2D eigenvalue weighted by Crippen LogP contribution is 2.24. The largest absolute Gasteiger partial charge is 0.481 e. The van der Waals surface area contributed by atoms with Crippen molar-refractivity contribution in [1.29, 1.82) is 0 Å². The molecule has 0 aliphatic carbocycles. The van der Waals surface area contributed by atoms with Gasteiger partial charge >= 0.3 is 5.97 Å². The Balaban J connectivity index is 1.80. The van der Waals surface area contributed by atoms with Gasteiger partial charge in [-0.3, -0.25) is 4.79 Å². The van der Waals surface area contributed by atoms with Crippen LogP contribution in [0, 0.1) is 0 Å². The van der Waals surface area contributed by atoms with Crippen molar-refractivity contribution in [1.82, 2.24) is 9.55 Å². The number of halogens is 1. The number of unbranched alkanes of at least 4 members (excludes halogenated alkanes) is 1. The van der Waals surface area contributed by atoms with Crippen LogP contribution in [0.5, 0.6) is 0 Å². The van der Waals surface area contributed by atoms with Crippen LogP contribution in [0.4, 0.5) is 0 Å². The minimum absolute atomic E-state index is 0.206. The van der Waals surface area contributed by atoms with Gasteiger partial charge in [-0.15, -0.1) is 0 Å². The van der Waals surface area contributed by atoms with E-state index in [-0.39, 0.29) is 12.5 Å². The maximum Gasteiger partial charge on any atom is 0.303 e. The maximum atomic E-state index is 10.6. The van der Waals surface area contributed by atoms with Crippen LogP contribution in [0.1, 0.15) is 37.9 Å². The molecule has 0 radical (unpaired) electrons. The maximum absolute atomic E-state index is 10.6. The molecule has 1 fully saturated rings. The number of aromatic nitrogens is 2. The van der Waals surface area contributed by atoms with E-state index in [2.05, 4.69) is 4.57 Å². The van der Waals surface area contributed by atoms with Crippen molar-refractivity contribution >= 4 is 28.6 Å². The third-order valence-electron chi connectivity index (χ3n) is 4.24. The van der Waals surface area contributed by atoms with E-state index in [1.165, 1.54) is 0 Å². The highest BCUT2D eigenvalue weighted by molar-refractivity contribution is 6.31. The first-order valence-electron chi connectivity index (χ1n) is 8.11. The smallest absolute Gasteiger partial charge is 0.303 e. The summed E-state index contributed by atoms with van der Waals surface area (Å²) in [6.07, 6.45) is 4.88. The second-order valence-electron chi connectivity index (χ2n) is 6.01. The minimum Gasteiger partial charge on any atom is -0.481 e. The fourth-order valence-corrected chi connectivity index (χ4v) is 3.27. The molecule has 0 bridgehead atoms. The highest BCUT2D eigenvalue weighted by Gasteiger charge is 2.19. The number of ether oxygens (including phenoxy) is 1. The Morgan fingerprint density at radius 2 is 2.30 bits per heavy atom. The molecule has 23 heavy (non-hydrogen) atoms. The number of aliphatic carboxylic acids is 1. The van der Waals surface area contributed by atoms with Gasteiger partial charge in [0, 0.05) is 24.5 Å². The van der Waals surface area contributed by atoms with Crippen molar-refractivity contribution in [3.05, 3.63) is 29.0 Å². The zero-order valence-electron chi connectivity index (χ0n) is 13.0. The molecule has 5 nitrogen and oxygen atoms in total. The Hall–Kier alpha value is -1.59. The summed E-state index contributed by atoms with van der Waals surface area (Å²) in [6.45, 7) is 1.63. The number of benzene rings is 1. The Morgan fingerprint density at radius 1 is 1.43 bits per heavy atom. The second-order valence-corrected chi connectivity index (χ2v) is 6.44. The van der Waals surface area contributed by atoms with Crippen LogP contribution in [-0.4, -0.2) is 33.3 Å². The van der Waals surface area contributed by atoms with Crippen molar-refractivity contribution in [3.8, 4) is 0 Å². The van der Waals surface area contributed by atoms with Crippen molar-refractivity contribution in [2.24, 2.45) is 0 Å². The molecule has 2 aromatic rings. The average molecular weight is 337 g/mol. The van der Waals surface area contributed by atoms with E-state index in [4.69, 9.17) is 26.4 Å². The van der Waals surface area contributed by atoms with Crippen molar-refractivity contribution in [3.63, 3.8) is 0 Å². The molecule has 0 unspecified atom stereocenters. The monoisotopic (exact) mass is 336 g/mol. The Labute approximate surface area is 140 Å². The fourth-order valence-electron chi connectivity index (χ4n) is 3.10. The standard InChI is InChI=1S/C17H21ClN2O3/c18-12-7-8-15-14(10-12)19-16(5-1-2-6-17(21)22)20(15)11-13-4-3-9-23-13/h7-8,10,13H,1-6,9,11H2,(H,21,22)/t13-/m1/s1. The molecule has 1 N–H and O–H groups in total. The number of fused-ring (bicyclic) bond motifs is 1. The molecule has 1 aliphatic rings. The zero-order chi connectivity index (χ0) is 16.2. The number of hydrogen-bond donors (Lipinski definition) is 1. The lowest BCUT2D eigenvalue weighted by Gasteiger charge is -2.14. The normalized spacial score (nSPS) is 17.9. The summed E-state index contributed by atoms with van der Waals surface area (Å²) < 4.78 is 7.97. The fraction of sp³-hybridized carbons (Fsp3) is 0.529. The van der Waals surface area contributed by atoms with Gasteiger partial charge in [-0.2, -0.15) is 0 Å². The van der Waals surface area contributed by atoms with E-state index in [9.17, 15) is 4.79 Å². The van der Waals surface area contributed by atoms with Gasteiger partial charge in [-0.25, -0.2) is 4.98 Å². The molecule has 0 amide bonds. The summed E-state index contributed by atoms with van der Waals surface area (Å²) in [5.41, 5.74) is 1.96. The molecule has 1 aromatic heterocycles. The molecule has 1 saturated heterocycles. The molecule has 1 aliphatic heterocycles. The minimum atomic E-state index is -0.746. The third-order valence-corrected chi connectivity index (χ3v) is 4.48. The van der Waals surface area contributed by atoms with Crippen molar-refractivity contribution in [2.45, 2.75) is 51.2 Å². The van der Waals surface area contributed by atoms with Crippen LogP contribution in [0.15, 0.2) is 18.2 Å². The SMILES string of the molecule is O=C(O)CCCCc1nc2cc(Cl)ccc2n1C[C@H]1CCCO1. The van der Waals surface area contributed by atoms with E-state index < -0.39 is 5.97 Å². The number of nitrogens with zero attached hydrogens (tertiary/aromatic N) is 2.